The van der Waals surface area contributed by atoms with Crippen LogP contribution < -0.4 is 5.32 Å². The summed E-state index contributed by atoms with van der Waals surface area (Å²) in [5, 5.41) is 3.00. The molecule has 154 valence electrons. The van der Waals surface area contributed by atoms with Gasteiger partial charge >= 0.3 is 0 Å². The van der Waals surface area contributed by atoms with Gasteiger partial charge in [-0.05, 0) is 36.6 Å². The topological polar surface area (TPSA) is 108 Å². The van der Waals surface area contributed by atoms with E-state index in [4.69, 9.17) is 0 Å². The highest BCUT2D eigenvalue weighted by Crippen LogP contribution is 2.23. The molecule has 9 heteroatoms. The normalized spacial score (nSPS) is 14.2. The molecular weight excluding hydrogens is 402 g/mol. The zero-order chi connectivity index (χ0) is 21.1. The van der Waals surface area contributed by atoms with Gasteiger partial charge in [-0.2, -0.15) is 11.8 Å². The van der Waals surface area contributed by atoms with Crippen LogP contribution in [0.4, 0.5) is 0 Å². The van der Waals surface area contributed by atoms with E-state index in [1.165, 1.54) is 18.5 Å². The Balaban J connectivity index is 1.42. The number of nitrogens with one attached hydrogen (secondary N) is 2. The maximum Gasteiger partial charge on any atom is 0.263 e. The first-order valence-electron chi connectivity index (χ1n) is 9.61. The number of aromatic amines is 1. The number of amides is 3. The molecule has 2 N–H and O–H groups in total. The Morgan fingerprint density at radius 3 is 2.77 bits per heavy atom. The predicted molar refractivity (Wildman–Crippen MR) is 114 cm³/mol. The molecule has 1 aliphatic heterocycles. The molecule has 30 heavy (non-hydrogen) atoms. The summed E-state index contributed by atoms with van der Waals surface area (Å²) in [4.78, 5) is 50.4. The van der Waals surface area contributed by atoms with Crippen molar-refractivity contribution in [3.8, 4) is 0 Å². The van der Waals surface area contributed by atoms with E-state index in [-0.39, 0.29) is 36.4 Å². The number of pyridine rings is 1. The number of thioether (sulfide) groups is 1. The van der Waals surface area contributed by atoms with E-state index in [0.717, 1.165) is 21.7 Å². The number of H-pyrrole nitrogens is 1. The molecule has 3 amide bonds. The lowest BCUT2D eigenvalue weighted by molar-refractivity contribution is -0.122. The second kappa shape index (κ2) is 8.66. The maximum atomic E-state index is 12.6. The van der Waals surface area contributed by atoms with Crippen LogP contribution in [0.15, 0.2) is 42.7 Å². The highest BCUT2D eigenvalue weighted by molar-refractivity contribution is 7.98. The molecule has 0 fully saturated rings. The summed E-state index contributed by atoms with van der Waals surface area (Å²) < 4.78 is 0. The molecule has 0 saturated heterocycles. The number of imide groups is 1. The third-order valence-electron chi connectivity index (χ3n) is 5.02. The van der Waals surface area contributed by atoms with Gasteiger partial charge in [0.15, 0.2) is 0 Å². The first-order valence-corrected chi connectivity index (χ1v) is 11.0. The molecule has 0 radical (unpaired) electrons. The summed E-state index contributed by atoms with van der Waals surface area (Å²) in [7, 11) is 0. The van der Waals surface area contributed by atoms with Crippen molar-refractivity contribution in [1.82, 2.24) is 25.2 Å². The molecule has 0 saturated carbocycles. The molecular formula is C21H21N5O3S. The minimum atomic E-state index is -0.410. The monoisotopic (exact) mass is 423 g/mol. The van der Waals surface area contributed by atoms with Crippen molar-refractivity contribution in [1.29, 1.82) is 0 Å². The van der Waals surface area contributed by atoms with Crippen molar-refractivity contribution in [2.45, 2.75) is 18.9 Å². The molecule has 2 aromatic heterocycles. The molecule has 3 heterocycles. The van der Waals surface area contributed by atoms with Gasteiger partial charge in [0, 0.05) is 25.4 Å². The lowest BCUT2D eigenvalue weighted by Crippen LogP contribution is -2.36. The summed E-state index contributed by atoms with van der Waals surface area (Å²) in [6.45, 7) is 0.0214. The van der Waals surface area contributed by atoms with Gasteiger partial charge in [0.05, 0.1) is 28.2 Å². The first-order chi connectivity index (χ1) is 14.6. The standard InChI is InChI=1S/C21H21N5O3S/c1-30-11-8-17(19-24-15-4-2-3-5-16(15)25-19)23-18(27)7-10-26-20(28)13-6-9-22-12-14(13)21(26)29/h2-6,9,12,17H,7-8,10-11H2,1H3,(H,23,27)(H,24,25)/t17-/m0/s1. The first kappa shape index (κ1) is 20.1. The molecule has 0 unspecified atom stereocenters. The molecule has 8 nitrogen and oxygen atoms in total. The number of rotatable bonds is 8. The second-order valence-electron chi connectivity index (χ2n) is 6.97. The Labute approximate surface area is 177 Å². The Hall–Kier alpha value is -3.20. The fourth-order valence-corrected chi connectivity index (χ4v) is 3.94. The van der Waals surface area contributed by atoms with Crippen LogP contribution in [-0.2, 0) is 4.79 Å². The van der Waals surface area contributed by atoms with Crippen LogP contribution in [0.25, 0.3) is 11.0 Å². The lowest BCUT2D eigenvalue weighted by Gasteiger charge is -2.18. The number of imidazole rings is 1. The Bertz CT molecular complexity index is 1040. The molecule has 1 aliphatic rings. The van der Waals surface area contributed by atoms with E-state index < -0.39 is 5.91 Å². The quantitative estimate of drug-likeness (QED) is 0.539. The number of fused-ring (bicyclic) bond motifs is 2. The lowest BCUT2D eigenvalue weighted by atomic mass is 10.2. The van der Waals surface area contributed by atoms with Crippen molar-refractivity contribution in [3.05, 3.63) is 59.7 Å². The number of hydrogen-bond acceptors (Lipinski definition) is 6. The SMILES string of the molecule is CSCC[C@H](NC(=O)CCN1C(=O)c2ccncc2C1=O)c1nc2ccccc2[nH]1. The van der Waals surface area contributed by atoms with Crippen LogP contribution in [0.5, 0.6) is 0 Å². The average Bonchev–Trinajstić information content (AvgIpc) is 3.29. The Morgan fingerprint density at radius 1 is 1.20 bits per heavy atom. The smallest absolute Gasteiger partial charge is 0.263 e. The van der Waals surface area contributed by atoms with Gasteiger partial charge in [-0.3, -0.25) is 24.3 Å². The number of hydrogen-bond donors (Lipinski definition) is 2. The number of carbonyl (C=O) groups excluding carboxylic acids is 3. The van der Waals surface area contributed by atoms with Gasteiger partial charge in [-0.15, -0.1) is 0 Å². The highest BCUT2D eigenvalue weighted by Gasteiger charge is 2.35. The van der Waals surface area contributed by atoms with E-state index in [9.17, 15) is 14.4 Å². The van der Waals surface area contributed by atoms with Crippen molar-refractivity contribution < 1.29 is 14.4 Å². The zero-order valence-electron chi connectivity index (χ0n) is 16.4. The molecule has 1 atom stereocenters. The number of benzene rings is 1. The summed E-state index contributed by atoms with van der Waals surface area (Å²) in [6.07, 6.45) is 5.61. The van der Waals surface area contributed by atoms with E-state index in [2.05, 4.69) is 20.3 Å². The largest absolute Gasteiger partial charge is 0.346 e. The van der Waals surface area contributed by atoms with Crippen molar-refractivity contribution in [2.75, 3.05) is 18.6 Å². The van der Waals surface area contributed by atoms with Crippen LogP contribution >= 0.6 is 11.8 Å². The van der Waals surface area contributed by atoms with Gasteiger partial charge in [0.25, 0.3) is 11.8 Å². The van der Waals surface area contributed by atoms with Gasteiger partial charge < -0.3 is 10.3 Å². The van der Waals surface area contributed by atoms with E-state index in [1.54, 1.807) is 11.8 Å². The van der Waals surface area contributed by atoms with Crippen LogP contribution in [0.3, 0.4) is 0 Å². The molecule has 0 spiro atoms. The van der Waals surface area contributed by atoms with E-state index >= 15 is 0 Å². The molecule has 3 aromatic rings. The van der Waals surface area contributed by atoms with Crippen molar-refractivity contribution >= 4 is 40.5 Å². The van der Waals surface area contributed by atoms with Crippen molar-refractivity contribution in [3.63, 3.8) is 0 Å². The fourth-order valence-electron chi connectivity index (χ4n) is 3.47. The second-order valence-corrected chi connectivity index (χ2v) is 7.96. The van der Waals surface area contributed by atoms with Gasteiger partial charge in [-0.1, -0.05) is 12.1 Å². The summed E-state index contributed by atoms with van der Waals surface area (Å²) >= 11 is 1.69. The van der Waals surface area contributed by atoms with Gasteiger partial charge in [0.1, 0.15) is 5.82 Å². The summed E-state index contributed by atoms with van der Waals surface area (Å²) in [5.74, 6) is 0.517. The Kier molecular flexibility index (Phi) is 5.80. The average molecular weight is 423 g/mol. The Morgan fingerprint density at radius 2 is 2.00 bits per heavy atom. The third kappa shape index (κ3) is 3.93. The van der Waals surface area contributed by atoms with E-state index in [0.29, 0.717) is 17.8 Å². The number of aromatic nitrogens is 3. The molecule has 1 aromatic carbocycles. The minimum absolute atomic E-state index is 0.0214. The molecule has 0 aliphatic carbocycles. The van der Waals surface area contributed by atoms with Crippen LogP contribution in [0.2, 0.25) is 0 Å². The summed E-state index contributed by atoms with van der Waals surface area (Å²) in [5.41, 5.74) is 2.37. The molecule has 4 rings (SSSR count). The molecule has 0 bridgehead atoms. The zero-order valence-corrected chi connectivity index (χ0v) is 17.2. The van der Waals surface area contributed by atoms with Crippen LogP contribution in [-0.4, -0.2) is 56.1 Å². The van der Waals surface area contributed by atoms with Crippen LogP contribution in [0.1, 0.15) is 45.4 Å². The third-order valence-corrected chi connectivity index (χ3v) is 5.66. The number of carbonyl (C=O) groups is 3. The number of para-hydroxylation sites is 2. The van der Waals surface area contributed by atoms with Crippen LogP contribution in [0, 0.1) is 0 Å². The fraction of sp³-hybridized carbons (Fsp3) is 0.286. The number of nitrogens with zero attached hydrogens (tertiary/aromatic N) is 3. The highest BCUT2D eigenvalue weighted by atomic mass is 32.2. The minimum Gasteiger partial charge on any atom is -0.346 e. The predicted octanol–water partition coefficient (Wildman–Crippen LogP) is 2.55. The van der Waals surface area contributed by atoms with Gasteiger partial charge in [-0.25, -0.2) is 4.98 Å². The summed E-state index contributed by atoms with van der Waals surface area (Å²) in [6, 6.07) is 8.95. The van der Waals surface area contributed by atoms with E-state index in [1.807, 2.05) is 30.5 Å². The maximum absolute atomic E-state index is 12.6. The van der Waals surface area contributed by atoms with Crippen molar-refractivity contribution in [2.24, 2.45) is 0 Å². The van der Waals surface area contributed by atoms with Gasteiger partial charge in [0.2, 0.25) is 5.91 Å².